The monoisotopic (exact) mass is 275 g/mol. The summed E-state index contributed by atoms with van der Waals surface area (Å²) in [4.78, 5) is 17.3. The van der Waals surface area contributed by atoms with Crippen molar-refractivity contribution in [2.75, 3.05) is 5.73 Å². The van der Waals surface area contributed by atoms with Gasteiger partial charge in [0.05, 0.1) is 0 Å². The second-order valence-corrected chi connectivity index (χ2v) is 6.27. The van der Waals surface area contributed by atoms with Crippen molar-refractivity contribution in [2.45, 2.75) is 43.3 Å². The number of aryl methyl sites for hydroxylation is 1. The average molecular weight is 275 g/mol. The van der Waals surface area contributed by atoms with E-state index in [2.05, 4.69) is 40.7 Å². The molecule has 0 aliphatic carbocycles. The fourth-order valence-electron chi connectivity index (χ4n) is 1.40. The molecule has 0 radical (unpaired) electrons. The van der Waals surface area contributed by atoms with Gasteiger partial charge in [-0.05, 0) is 24.8 Å². The Labute approximate surface area is 117 Å². The Morgan fingerprint density at radius 2 is 1.89 bits per heavy atom. The lowest BCUT2D eigenvalue weighted by Gasteiger charge is -2.17. The van der Waals surface area contributed by atoms with Crippen LogP contribution in [0.15, 0.2) is 28.5 Å². The summed E-state index contributed by atoms with van der Waals surface area (Å²) in [5.74, 6) is 1.19. The van der Waals surface area contributed by atoms with Crippen LogP contribution in [0.1, 0.15) is 32.3 Å². The molecule has 0 fully saturated rings. The molecule has 0 atom stereocenters. The van der Waals surface area contributed by atoms with E-state index in [1.807, 2.05) is 13.0 Å². The van der Waals surface area contributed by atoms with Gasteiger partial charge >= 0.3 is 0 Å². The average Bonchev–Trinajstić information content (AvgIpc) is 2.26. The number of nitrogens with zero attached hydrogens (tertiary/aromatic N) is 4. The molecule has 0 spiro atoms. The highest BCUT2D eigenvalue weighted by Crippen LogP contribution is 2.27. The van der Waals surface area contributed by atoms with Crippen molar-refractivity contribution in [1.29, 1.82) is 0 Å². The summed E-state index contributed by atoms with van der Waals surface area (Å²) >= 11 is 1.39. The molecule has 0 aliphatic rings. The van der Waals surface area contributed by atoms with Crippen LogP contribution in [0.4, 0.5) is 5.82 Å². The molecule has 100 valence electrons. The summed E-state index contributed by atoms with van der Waals surface area (Å²) in [7, 11) is 0. The van der Waals surface area contributed by atoms with Gasteiger partial charge in [-0.2, -0.15) is 0 Å². The van der Waals surface area contributed by atoms with Crippen molar-refractivity contribution in [2.24, 2.45) is 0 Å². The summed E-state index contributed by atoms with van der Waals surface area (Å²) in [6.07, 6.45) is 1.74. The lowest BCUT2D eigenvalue weighted by atomic mass is 9.96. The van der Waals surface area contributed by atoms with Gasteiger partial charge in [-0.15, -0.1) is 0 Å². The molecule has 0 aliphatic heterocycles. The van der Waals surface area contributed by atoms with Crippen LogP contribution >= 0.6 is 11.8 Å². The van der Waals surface area contributed by atoms with Crippen molar-refractivity contribution in [1.82, 2.24) is 19.9 Å². The Balaban J connectivity index is 2.33. The number of hydrogen-bond donors (Lipinski definition) is 1. The van der Waals surface area contributed by atoms with Crippen molar-refractivity contribution < 1.29 is 0 Å². The minimum absolute atomic E-state index is 0.141. The van der Waals surface area contributed by atoms with Crippen molar-refractivity contribution >= 4 is 17.6 Å². The number of nitrogens with two attached hydrogens (primary N) is 1. The van der Waals surface area contributed by atoms with Crippen LogP contribution in [-0.4, -0.2) is 19.9 Å². The van der Waals surface area contributed by atoms with E-state index in [0.29, 0.717) is 11.0 Å². The van der Waals surface area contributed by atoms with E-state index in [4.69, 9.17) is 5.73 Å². The molecule has 2 heterocycles. The SMILES string of the molecule is Cc1ccnc(Sc2cc(N)nc(C(C)(C)C)n2)n1. The zero-order chi connectivity index (χ0) is 14.0. The van der Waals surface area contributed by atoms with E-state index in [-0.39, 0.29) is 5.41 Å². The van der Waals surface area contributed by atoms with Gasteiger partial charge in [0.2, 0.25) is 0 Å². The van der Waals surface area contributed by atoms with E-state index in [9.17, 15) is 0 Å². The maximum atomic E-state index is 5.83. The van der Waals surface area contributed by atoms with Crippen molar-refractivity contribution in [3.05, 3.63) is 29.8 Å². The lowest BCUT2D eigenvalue weighted by Crippen LogP contribution is -2.17. The fraction of sp³-hybridized carbons (Fsp3) is 0.385. The summed E-state index contributed by atoms with van der Waals surface area (Å²) < 4.78 is 0. The second kappa shape index (κ2) is 5.13. The molecular formula is C13H17N5S. The van der Waals surface area contributed by atoms with Gasteiger partial charge in [-0.3, -0.25) is 0 Å². The van der Waals surface area contributed by atoms with Gasteiger partial charge in [-0.25, -0.2) is 19.9 Å². The molecule has 6 heteroatoms. The molecule has 0 aromatic carbocycles. The molecule has 0 unspecified atom stereocenters. The predicted octanol–water partition coefficient (Wildman–Crippen LogP) is 2.61. The van der Waals surface area contributed by atoms with E-state index >= 15 is 0 Å². The van der Waals surface area contributed by atoms with Crippen LogP contribution in [0.25, 0.3) is 0 Å². The summed E-state index contributed by atoms with van der Waals surface area (Å²) in [6.45, 7) is 8.10. The molecule has 5 nitrogen and oxygen atoms in total. The van der Waals surface area contributed by atoms with E-state index < -0.39 is 0 Å². The Kier molecular flexibility index (Phi) is 3.71. The topological polar surface area (TPSA) is 77.6 Å². The van der Waals surface area contributed by atoms with Crippen molar-refractivity contribution in [3.63, 3.8) is 0 Å². The number of hydrogen-bond acceptors (Lipinski definition) is 6. The summed E-state index contributed by atoms with van der Waals surface area (Å²) in [5.41, 5.74) is 6.62. The third-order valence-electron chi connectivity index (χ3n) is 2.36. The molecule has 2 rings (SSSR count). The maximum absolute atomic E-state index is 5.83. The van der Waals surface area contributed by atoms with Crippen LogP contribution in [0.5, 0.6) is 0 Å². The minimum atomic E-state index is -0.141. The quantitative estimate of drug-likeness (QED) is 0.670. The number of rotatable bonds is 2. The highest BCUT2D eigenvalue weighted by atomic mass is 32.2. The zero-order valence-corrected chi connectivity index (χ0v) is 12.3. The van der Waals surface area contributed by atoms with E-state index in [1.54, 1.807) is 12.3 Å². The van der Waals surface area contributed by atoms with Gasteiger partial charge < -0.3 is 5.73 Å². The smallest absolute Gasteiger partial charge is 0.194 e. The van der Waals surface area contributed by atoms with Crippen LogP contribution in [0, 0.1) is 6.92 Å². The Morgan fingerprint density at radius 1 is 1.16 bits per heavy atom. The first-order valence-electron chi connectivity index (χ1n) is 5.97. The third kappa shape index (κ3) is 3.64. The largest absolute Gasteiger partial charge is 0.384 e. The maximum Gasteiger partial charge on any atom is 0.194 e. The number of nitrogen functional groups attached to an aromatic ring is 1. The van der Waals surface area contributed by atoms with Gasteiger partial charge in [0.15, 0.2) is 5.16 Å². The molecule has 0 amide bonds. The molecular weight excluding hydrogens is 258 g/mol. The van der Waals surface area contributed by atoms with Crippen molar-refractivity contribution in [3.8, 4) is 0 Å². The first-order chi connectivity index (χ1) is 8.84. The minimum Gasteiger partial charge on any atom is -0.384 e. The lowest BCUT2D eigenvalue weighted by molar-refractivity contribution is 0.539. The first-order valence-corrected chi connectivity index (χ1v) is 6.79. The molecule has 0 saturated heterocycles. The zero-order valence-electron chi connectivity index (χ0n) is 11.5. The fourth-order valence-corrected chi connectivity index (χ4v) is 2.20. The Bertz CT molecular complexity index is 592. The van der Waals surface area contributed by atoms with Crippen LogP contribution < -0.4 is 5.73 Å². The first kappa shape index (κ1) is 13.7. The van der Waals surface area contributed by atoms with E-state index in [0.717, 1.165) is 16.5 Å². The van der Waals surface area contributed by atoms with Gasteiger partial charge in [0.25, 0.3) is 0 Å². The van der Waals surface area contributed by atoms with Crippen LogP contribution in [-0.2, 0) is 5.41 Å². The molecule has 19 heavy (non-hydrogen) atoms. The molecule has 2 aromatic rings. The Morgan fingerprint density at radius 3 is 2.53 bits per heavy atom. The van der Waals surface area contributed by atoms with Gasteiger partial charge in [0, 0.05) is 23.4 Å². The van der Waals surface area contributed by atoms with Crippen LogP contribution in [0.2, 0.25) is 0 Å². The molecule has 2 N–H and O–H groups in total. The highest BCUT2D eigenvalue weighted by molar-refractivity contribution is 7.99. The third-order valence-corrected chi connectivity index (χ3v) is 3.16. The van der Waals surface area contributed by atoms with Gasteiger partial charge in [0.1, 0.15) is 16.7 Å². The standard InChI is InChI=1S/C13H17N5S/c1-8-5-6-15-12(16-8)19-10-7-9(14)17-11(18-10)13(2,3)4/h5-7H,1-4H3,(H2,14,17,18). The van der Waals surface area contributed by atoms with Crippen LogP contribution in [0.3, 0.4) is 0 Å². The predicted molar refractivity (Wildman–Crippen MR) is 76.0 cm³/mol. The Hall–Kier alpha value is -1.69. The highest BCUT2D eigenvalue weighted by Gasteiger charge is 2.19. The molecule has 0 bridgehead atoms. The molecule has 0 saturated carbocycles. The normalized spacial score (nSPS) is 11.6. The summed E-state index contributed by atoms with van der Waals surface area (Å²) in [5, 5.41) is 1.43. The summed E-state index contributed by atoms with van der Waals surface area (Å²) in [6, 6.07) is 3.60. The molecule has 2 aromatic heterocycles. The second-order valence-electron chi connectivity index (χ2n) is 5.29. The van der Waals surface area contributed by atoms with E-state index in [1.165, 1.54) is 11.8 Å². The number of anilines is 1. The van der Waals surface area contributed by atoms with Gasteiger partial charge in [-0.1, -0.05) is 20.8 Å². The number of aromatic nitrogens is 4.